The third kappa shape index (κ3) is 3.14. The van der Waals surface area contributed by atoms with Crippen LogP contribution in [0.3, 0.4) is 0 Å². The van der Waals surface area contributed by atoms with Crippen LogP contribution in [0.5, 0.6) is 0 Å². The molecule has 0 unspecified atom stereocenters. The van der Waals surface area contributed by atoms with Crippen molar-refractivity contribution in [3.63, 3.8) is 0 Å². The highest BCUT2D eigenvalue weighted by Gasteiger charge is 2.08. The summed E-state index contributed by atoms with van der Waals surface area (Å²) >= 11 is 0. The molecular weight excluding hydrogens is 196 g/mol. The maximum Gasteiger partial charge on any atom is 0.154 e. The fraction of sp³-hybridized carbons (Fsp3) is 0.455. The van der Waals surface area contributed by atoms with Gasteiger partial charge in [-0.25, -0.2) is 8.42 Å². The van der Waals surface area contributed by atoms with Crippen molar-refractivity contribution in [2.45, 2.75) is 26.5 Å². The molecule has 78 valence electrons. The van der Waals surface area contributed by atoms with Gasteiger partial charge in [-0.3, -0.25) is 0 Å². The molecule has 0 aromatic heterocycles. The molecule has 0 atom stereocenters. The van der Waals surface area contributed by atoms with Gasteiger partial charge in [0, 0.05) is 5.75 Å². The van der Waals surface area contributed by atoms with E-state index in [1.807, 2.05) is 32.0 Å². The lowest BCUT2D eigenvalue weighted by Crippen LogP contribution is -2.06. The molecule has 0 aliphatic heterocycles. The van der Waals surface area contributed by atoms with Crippen LogP contribution in [0.25, 0.3) is 0 Å². The Balaban J connectivity index is 2.98. The molecule has 0 amide bonds. The van der Waals surface area contributed by atoms with Gasteiger partial charge in [0.15, 0.2) is 9.84 Å². The first-order valence-electron chi connectivity index (χ1n) is 4.70. The van der Waals surface area contributed by atoms with E-state index in [9.17, 15) is 8.42 Å². The second-order valence-corrected chi connectivity index (χ2v) is 6.03. The average Bonchev–Trinajstić information content (AvgIpc) is 2.01. The number of aryl methyl sites for hydroxylation is 2. The van der Waals surface area contributed by atoms with E-state index in [2.05, 4.69) is 0 Å². The van der Waals surface area contributed by atoms with Gasteiger partial charge in [-0.1, -0.05) is 36.2 Å². The van der Waals surface area contributed by atoms with E-state index >= 15 is 0 Å². The quantitative estimate of drug-likeness (QED) is 0.770. The van der Waals surface area contributed by atoms with Crippen molar-refractivity contribution in [1.82, 2.24) is 0 Å². The smallest absolute Gasteiger partial charge is 0.154 e. The van der Waals surface area contributed by atoms with Gasteiger partial charge in [-0.2, -0.15) is 0 Å². The van der Waals surface area contributed by atoms with Gasteiger partial charge in [0.2, 0.25) is 0 Å². The highest BCUT2D eigenvalue weighted by molar-refractivity contribution is 7.90. The van der Waals surface area contributed by atoms with Crippen molar-refractivity contribution in [2.75, 3.05) is 5.75 Å². The highest BCUT2D eigenvalue weighted by Crippen LogP contribution is 2.12. The van der Waals surface area contributed by atoms with Crippen molar-refractivity contribution in [1.29, 1.82) is 0 Å². The van der Waals surface area contributed by atoms with E-state index in [4.69, 9.17) is 0 Å². The van der Waals surface area contributed by atoms with Crippen LogP contribution < -0.4 is 0 Å². The van der Waals surface area contributed by atoms with E-state index in [-0.39, 0.29) is 11.5 Å². The molecule has 0 N–H and O–H groups in total. The number of hydrogen-bond acceptors (Lipinski definition) is 2. The molecule has 0 saturated carbocycles. The van der Waals surface area contributed by atoms with Crippen molar-refractivity contribution in [3.8, 4) is 0 Å². The molecule has 0 saturated heterocycles. The molecule has 0 fully saturated rings. The molecule has 1 rings (SSSR count). The molecule has 0 radical (unpaired) electrons. The molecule has 1 aromatic rings. The van der Waals surface area contributed by atoms with Gasteiger partial charge in [0.25, 0.3) is 0 Å². The minimum absolute atomic E-state index is 0.159. The normalized spacial score (nSPS) is 11.6. The van der Waals surface area contributed by atoms with Crippen LogP contribution in [0.2, 0.25) is 0 Å². The Kier molecular flexibility index (Phi) is 3.32. The zero-order valence-corrected chi connectivity index (χ0v) is 9.69. The Hall–Kier alpha value is -0.830. The first-order chi connectivity index (χ1) is 6.43. The molecule has 3 heteroatoms. The molecular formula is C11H16O2S. The fourth-order valence-corrected chi connectivity index (χ4v) is 2.39. The molecule has 0 bridgehead atoms. The van der Waals surface area contributed by atoms with Gasteiger partial charge >= 0.3 is 0 Å². The van der Waals surface area contributed by atoms with Crippen molar-refractivity contribution in [3.05, 3.63) is 34.9 Å². The van der Waals surface area contributed by atoms with Crippen molar-refractivity contribution in [2.24, 2.45) is 0 Å². The Labute approximate surface area is 85.9 Å². The van der Waals surface area contributed by atoms with Crippen LogP contribution >= 0.6 is 0 Å². The summed E-state index contributed by atoms with van der Waals surface area (Å²) in [6.45, 7) is 5.64. The summed E-state index contributed by atoms with van der Waals surface area (Å²) in [5.41, 5.74) is 3.13. The Morgan fingerprint density at radius 1 is 1.07 bits per heavy atom. The molecule has 0 aliphatic carbocycles. The maximum atomic E-state index is 11.4. The number of sulfone groups is 1. The van der Waals surface area contributed by atoms with Gasteiger partial charge < -0.3 is 0 Å². The topological polar surface area (TPSA) is 34.1 Å². The number of rotatable bonds is 3. The summed E-state index contributed by atoms with van der Waals surface area (Å²) in [5.74, 6) is 0.367. The van der Waals surface area contributed by atoms with Crippen LogP contribution in [0, 0.1) is 13.8 Å². The van der Waals surface area contributed by atoms with E-state index < -0.39 is 9.84 Å². The predicted molar refractivity (Wildman–Crippen MR) is 59.1 cm³/mol. The number of hydrogen-bond donors (Lipinski definition) is 0. The Bertz CT molecular complexity index is 399. The third-order valence-corrected chi connectivity index (χ3v) is 3.76. The molecule has 1 aromatic carbocycles. The van der Waals surface area contributed by atoms with Gasteiger partial charge in [-0.05, 0) is 19.4 Å². The molecule has 2 nitrogen and oxygen atoms in total. The van der Waals surface area contributed by atoms with Crippen LogP contribution in [0.15, 0.2) is 18.2 Å². The van der Waals surface area contributed by atoms with Crippen LogP contribution in [-0.2, 0) is 15.6 Å². The van der Waals surface area contributed by atoms with Crippen molar-refractivity contribution < 1.29 is 8.42 Å². The largest absolute Gasteiger partial charge is 0.229 e. The van der Waals surface area contributed by atoms with Gasteiger partial charge in [-0.15, -0.1) is 0 Å². The van der Waals surface area contributed by atoms with E-state index in [0.29, 0.717) is 0 Å². The standard InChI is InChI=1S/C11H16O2S/c1-4-14(12,13)8-11-6-9(2)5-10(3)7-11/h5-7H,4,8H2,1-3H3. The Morgan fingerprint density at radius 2 is 1.57 bits per heavy atom. The summed E-state index contributed by atoms with van der Waals surface area (Å²) < 4.78 is 22.8. The van der Waals surface area contributed by atoms with Crippen LogP contribution in [0.4, 0.5) is 0 Å². The molecule has 0 heterocycles. The molecule has 14 heavy (non-hydrogen) atoms. The molecule has 0 spiro atoms. The summed E-state index contributed by atoms with van der Waals surface area (Å²) in [5, 5.41) is 0. The van der Waals surface area contributed by atoms with E-state index in [0.717, 1.165) is 16.7 Å². The van der Waals surface area contributed by atoms with E-state index in [1.54, 1.807) is 6.92 Å². The maximum absolute atomic E-state index is 11.4. The van der Waals surface area contributed by atoms with Crippen LogP contribution in [0.1, 0.15) is 23.6 Å². The third-order valence-electron chi connectivity index (χ3n) is 2.11. The zero-order valence-electron chi connectivity index (χ0n) is 8.87. The fourth-order valence-electron chi connectivity index (χ4n) is 1.51. The summed E-state index contributed by atoms with van der Waals surface area (Å²) in [6.07, 6.45) is 0. The first kappa shape index (κ1) is 11.2. The summed E-state index contributed by atoms with van der Waals surface area (Å²) in [4.78, 5) is 0. The minimum atomic E-state index is -2.91. The molecule has 0 aliphatic rings. The summed E-state index contributed by atoms with van der Waals surface area (Å²) in [6, 6.07) is 5.91. The SMILES string of the molecule is CCS(=O)(=O)Cc1cc(C)cc(C)c1. The number of benzene rings is 1. The minimum Gasteiger partial charge on any atom is -0.229 e. The zero-order chi connectivity index (χ0) is 10.8. The van der Waals surface area contributed by atoms with E-state index in [1.165, 1.54) is 0 Å². The van der Waals surface area contributed by atoms with Gasteiger partial charge in [0.1, 0.15) is 0 Å². The lowest BCUT2D eigenvalue weighted by molar-refractivity contribution is 0.596. The predicted octanol–water partition coefficient (Wildman–Crippen LogP) is 2.24. The van der Waals surface area contributed by atoms with Crippen molar-refractivity contribution >= 4 is 9.84 Å². The lowest BCUT2D eigenvalue weighted by atomic mass is 10.1. The van der Waals surface area contributed by atoms with Gasteiger partial charge in [0.05, 0.1) is 5.75 Å². The highest BCUT2D eigenvalue weighted by atomic mass is 32.2. The summed E-state index contributed by atoms with van der Waals surface area (Å²) in [7, 11) is -2.91. The monoisotopic (exact) mass is 212 g/mol. The Morgan fingerprint density at radius 3 is 2.00 bits per heavy atom. The first-order valence-corrected chi connectivity index (χ1v) is 6.52. The second kappa shape index (κ2) is 4.13. The lowest BCUT2D eigenvalue weighted by Gasteiger charge is -2.04. The second-order valence-electron chi connectivity index (χ2n) is 3.67. The van der Waals surface area contributed by atoms with Crippen LogP contribution in [-0.4, -0.2) is 14.2 Å². The average molecular weight is 212 g/mol.